The summed E-state index contributed by atoms with van der Waals surface area (Å²) in [5.74, 6) is -0.148. The van der Waals surface area contributed by atoms with Crippen LogP contribution in [0.15, 0.2) is 30.3 Å². The van der Waals surface area contributed by atoms with E-state index in [4.69, 9.17) is 9.47 Å². The number of amides is 2. The van der Waals surface area contributed by atoms with Gasteiger partial charge >= 0.3 is 0 Å². The predicted octanol–water partition coefficient (Wildman–Crippen LogP) is 1.47. The zero-order chi connectivity index (χ0) is 19.1. The third-order valence-corrected chi connectivity index (χ3v) is 5.19. The molecular weight excluding hydrogens is 348 g/mol. The Morgan fingerprint density at radius 2 is 1.81 bits per heavy atom. The molecule has 2 heterocycles. The number of carbonyl (C=O) groups excluding carboxylic acids is 2. The molecule has 27 heavy (non-hydrogen) atoms. The van der Waals surface area contributed by atoms with E-state index in [9.17, 15) is 14.7 Å². The molecule has 1 aromatic carbocycles. The van der Waals surface area contributed by atoms with Gasteiger partial charge in [0.1, 0.15) is 6.10 Å². The fourth-order valence-corrected chi connectivity index (χ4v) is 3.65. The molecule has 148 valence electrons. The fourth-order valence-electron chi connectivity index (χ4n) is 3.65. The summed E-state index contributed by atoms with van der Waals surface area (Å²) in [7, 11) is 0. The molecule has 7 nitrogen and oxygen atoms in total. The normalized spacial score (nSPS) is 26.3. The number of nitrogens with one attached hydrogen (secondary N) is 2. The number of benzene rings is 1. The van der Waals surface area contributed by atoms with E-state index < -0.39 is 6.10 Å². The van der Waals surface area contributed by atoms with E-state index in [1.54, 1.807) is 0 Å². The highest BCUT2D eigenvalue weighted by atomic mass is 16.5. The smallest absolute Gasteiger partial charge is 0.226 e. The van der Waals surface area contributed by atoms with E-state index in [0.717, 1.165) is 18.5 Å². The van der Waals surface area contributed by atoms with Gasteiger partial charge in [0, 0.05) is 24.8 Å². The zero-order valence-electron chi connectivity index (χ0n) is 15.4. The van der Waals surface area contributed by atoms with Crippen LogP contribution in [0.2, 0.25) is 0 Å². The van der Waals surface area contributed by atoms with Crippen LogP contribution >= 0.6 is 0 Å². The van der Waals surface area contributed by atoms with Crippen LogP contribution in [-0.4, -0.2) is 55.0 Å². The van der Waals surface area contributed by atoms with Gasteiger partial charge in [-0.05, 0) is 37.8 Å². The van der Waals surface area contributed by atoms with Crippen molar-refractivity contribution in [2.75, 3.05) is 25.1 Å². The predicted molar refractivity (Wildman–Crippen MR) is 100 cm³/mol. The van der Waals surface area contributed by atoms with Crippen LogP contribution in [0.5, 0.6) is 0 Å². The average Bonchev–Trinajstić information content (AvgIpc) is 2.70. The first-order chi connectivity index (χ1) is 13.2. The van der Waals surface area contributed by atoms with Crippen LogP contribution in [-0.2, 0) is 19.1 Å². The summed E-state index contributed by atoms with van der Waals surface area (Å²) >= 11 is 0. The van der Waals surface area contributed by atoms with Crippen LogP contribution in [0.3, 0.4) is 0 Å². The largest absolute Gasteiger partial charge is 0.394 e. The van der Waals surface area contributed by atoms with E-state index in [1.807, 2.05) is 30.3 Å². The van der Waals surface area contributed by atoms with Gasteiger partial charge in [0.15, 0.2) is 0 Å². The molecular formula is C20H28N2O5. The first-order valence-corrected chi connectivity index (χ1v) is 9.65. The Labute approximate surface area is 159 Å². The van der Waals surface area contributed by atoms with Crippen molar-refractivity contribution < 1.29 is 24.2 Å². The van der Waals surface area contributed by atoms with Crippen molar-refractivity contribution in [1.82, 2.24) is 5.32 Å². The van der Waals surface area contributed by atoms with Gasteiger partial charge in [-0.3, -0.25) is 9.59 Å². The Kier molecular flexibility index (Phi) is 7.20. The molecule has 3 rings (SSSR count). The molecule has 3 atom stereocenters. The minimum Gasteiger partial charge on any atom is -0.394 e. The Bertz CT molecular complexity index is 618. The quantitative estimate of drug-likeness (QED) is 0.699. The molecule has 0 aromatic heterocycles. The summed E-state index contributed by atoms with van der Waals surface area (Å²) in [5, 5.41) is 15.5. The Morgan fingerprint density at radius 1 is 1.07 bits per heavy atom. The molecule has 2 saturated heterocycles. The summed E-state index contributed by atoms with van der Waals surface area (Å²) in [5.41, 5.74) is 0.749. The highest BCUT2D eigenvalue weighted by Gasteiger charge is 2.34. The van der Waals surface area contributed by atoms with E-state index in [1.165, 1.54) is 0 Å². The van der Waals surface area contributed by atoms with E-state index in [0.29, 0.717) is 26.1 Å². The van der Waals surface area contributed by atoms with Crippen molar-refractivity contribution in [3.63, 3.8) is 0 Å². The molecule has 0 spiro atoms. The van der Waals surface area contributed by atoms with E-state index in [2.05, 4.69) is 10.6 Å². The molecule has 3 N–H and O–H groups in total. The van der Waals surface area contributed by atoms with Crippen LogP contribution < -0.4 is 10.6 Å². The van der Waals surface area contributed by atoms with Gasteiger partial charge in [-0.25, -0.2) is 0 Å². The number of anilines is 1. The van der Waals surface area contributed by atoms with E-state index >= 15 is 0 Å². The van der Waals surface area contributed by atoms with Crippen molar-refractivity contribution in [2.24, 2.45) is 5.92 Å². The second-order valence-electron chi connectivity index (χ2n) is 7.18. The number of rotatable bonds is 6. The maximum Gasteiger partial charge on any atom is 0.226 e. The summed E-state index contributed by atoms with van der Waals surface area (Å²) in [6.07, 6.45) is 2.28. The molecule has 7 heteroatoms. The number of hydrogen-bond acceptors (Lipinski definition) is 5. The lowest BCUT2D eigenvalue weighted by Gasteiger charge is -2.37. The van der Waals surface area contributed by atoms with Crippen LogP contribution in [0.1, 0.15) is 32.1 Å². The number of aliphatic hydroxyl groups excluding tert-OH is 1. The third-order valence-electron chi connectivity index (χ3n) is 5.19. The summed E-state index contributed by atoms with van der Waals surface area (Å²) in [4.78, 5) is 24.6. The number of hydrogen-bond donors (Lipinski definition) is 3. The second-order valence-corrected chi connectivity index (χ2v) is 7.18. The molecule has 2 aliphatic heterocycles. The molecule has 0 bridgehead atoms. The summed E-state index contributed by atoms with van der Waals surface area (Å²) < 4.78 is 11.2. The average molecular weight is 376 g/mol. The van der Waals surface area contributed by atoms with Gasteiger partial charge in [0.05, 0.1) is 25.2 Å². The number of ether oxygens (including phenoxy) is 2. The summed E-state index contributed by atoms with van der Waals surface area (Å²) in [6.45, 7) is 1.04. The second kappa shape index (κ2) is 9.82. The van der Waals surface area contributed by atoms with Gasteiger partial charge in [0.25, 0.3) is 0 Å². The molecule has 2 fully saturated rings. The van der Waals surface area contributed by atoms with Crippen molar-refractivity contribution in [3.05, 3.63) is 30.3 Å². The maximum atomic E-state index is 12.4. The van der Waals surface area contributed by atoms with Gasteiger partial charge in [-0.15, -0.1) is 0 Å². The topological polar surface area (TPSA) is 96.9 Å². The first kappa shape index (κ1) is 19.8. The lowest BCUT2D eigenvalue weighted by Crippen LogP contribution is -2.52. The van der Waals surface area contributed by atoms with Crippen LogP contribution in [0.4, 0.5) is 5.69 Å². The van der Waals surface area contributed by atoms with Gasteiger partial charge in [0.2, 0.25) is 11.8 Å². The highest BCUT2D eigenvalue weighted by Crippen LogP contribution is 2.24. The molecule has 0 radical (unpaired) electrons. The van der Waals surface area contributed by atoms with Crippen LogP contribution in [0, 0.1) is 5.92 Å². The number of aliphatic hydroxyl groups is 1. The summed E-state index contributed by atoms with van der Waals surface area (Å²) in [6, 6.07) is 9.05. The SMILES string of the molecule is O=C(C[C@@H]1CC[C@H](NC(=O)C2CCOCC2)[C@H](CO)O1)Nc1ccccc1. The Morgan fingerprint density at radius 3 is 2.52 bits per heavy atom. The number of para-hydroxylation sites is 1. The Hall–Kier alpha value is -1.96. The molecule has 0 saturated carbocycles. The van der Waals surface area contributed by atoms with Gasteiger partial charge in [-0.2, -0.15) is 0 Å². The minimum absolute atomic E-state index is 0.00520. The Balaban J connectivity index is 1.47. The number of carbonyl (C=O) groups is 2. The lowest BCUT2D eigenvalue weighted by atomic mass is 9.94. The van der Waals surface area contributed by atoms with Crippen molar-refractivity contribution in [2.45, 2.75) is 50.4 Å². The molecule has 2 amide bonds. The van der Waals surface area contributed by atoms with Crippen LogP contribution in [0.25, 0.3) is 0 Å². The molecule has 0 aliphatic carbocycles. The molecule has 1 aromatic rings. The lowest BCUT2D eigenvalue weighted by molar-refractivity contribution is -0.137. The van der Waals surface area contributed by atoms with Gasteiger partial charge < -0.3 is 25.2 Å². The van der Waals surface area contributed by atoms with Crippen molar-refractivity contribution in [3.8, 4) is 0 Å². The third kappa shape index (κ3) is 5.76. The minimum atomic E-state index is -0.489. The molecule has 0 unspecified atom stereocenters. The maximum absolute atomic E-state index is 12.4. The first-order valence-electron chi connectivity index (χ1n) is 9.65. The fraction of sp³-hybridized carbons (Fsp3) is 0.600. The van der Waals surface area contributed by atoms with E-state index in [-0.39, 0.29) is 42.9 Å². The van der Waals surface area contributed by atoms with Crippen molar-refractivity contribution in [1.29, 1.82) is 0 Å². The van der Waals surface area contributed by atoms with Crippen molar-refractivity contribution >= 4 is 17.5 Å². The molecule has 2 aliphatic rings. The van der Waals surface area contributed by atoms with Gasteiger partial charge in [-0.1, -0.05) is 18.2 Å². The zero-order valence-corrected chi connectivity index (χ0v) is 15.4. The monoisotopic (exact) mass is 376 g/mol. The standard InChI is InChI=1S/C20H28N2O5/c23-13-18-17(22-20(25)14-8-10-26-11-9-14)7-6-16(27-18)12-19(24)21-15-4-2-1-3-5-15/h1-5,14,16-18,23H,6-13H2,(H,21,24)(H,22,25)/t16-,17-,18-/m0/s1. The highest BCUT2D eigenvalue weighted by molar-refractivity contribution is 5.91.